The Balaban J connectivity index is 1.62. The van der Waals surface area contributed by atoms with E-state index in [1.807, 2.05) is 6.92 Å². The molecule has 1 saturated heterocycles. The summed E-state index contributed by atoms with van der Waals surface area (Å²) in [5.41, 5.74) is -1.68. The number of nitrogens with one attached hydrogen (secondary N) is 2. The number of carbonyl (C=O) groups excluding carboxylic acids is 3. The molecule has 1 unspecified atom stereocenters. The molecule has 8 heteroatoms. The molecule has 0 spiro atoms. The zero-order valence-electron chi connectivity index (χ0n) is 21.6. The minimum absolute atomic E-state index is 0.0940. The minimum Gasteiger partial charge on any atom is -0.446 e. The molecule has 3 N–H and O–H groups in total. The maximum Gasteiger partial charge on any atom is 0.416 e. The van der Waals surface area contributed by atoms with Crippen LogP contribution in [-0.2, 0) is 14.3 Å². The summed E-state index contributed by atoms with van der Waals surface area (Å²) in [6.07, 6.45) is 3.10. The number of ketones is 1. The maximum absolute atomic E-state index is 13.4. The molecule has 0 aromatic rings. The molecule has 196 valence electrons. The van der Waals surface area contributed by atoms with E-state index in [1.54, 1.807) is 6.08 Å². The average Bonchev–Trinajstić information content (AvgIpc) is 3.18. The Morgan fingerprint density at radius 3 is 2.43 bits per heavy atom. The third kappa shape index (κ3) is 4.31. The summed E-state index contributed by atoms with van der Waals surface area (Å²) >= 11 is 0. The van der Waals surface area contributed by atoms with Crippen LogP contribution in [0.5, 0.6) is 0 Å². The van der Waals surface area contributed by atoms with Crippen LogP contribution in [0, 0.1) is 34.0 Å². The highest BCUT2D eigenvalue weighted by atomic mass is 16.6. The molecule has 4 rings (SSSR count). The van der Waals surface area contributed by atoms with E-state index >= 15 is 0 Å². The van der Waals surface area contributed by atoms with Gasteiger partial charge in [-0.05, 0) is 68.9 Å². The molecule has 0 aromatic heterocycles. The van der Waals surface area contributed by atoms with Crippen LogP contribution < -0.4 is 10.6 Å². The number of aliphatic hydroxyl groups is 1. The predicted molar refractivity (Wildman–Crippen MR) is 131 cm³/mol. The molecule has 35 heavy (non-hydrogen) atoms. The van der Waals surface area contributed by atoms with Crippen LogP contribution in [-0.4, -0.2) is 54.5 Å². The van der Waals surface area contributed by atoms with Crippen LogP contribution in [0.15, 0.2) is 12.7 Å². The van der Waals surface area contributed by atoms with E-state index in [0.717, 1.165) is 32.4 Å². The zero-order chi connectivity index (χ0) is 25.6. The normalized spacial score (nSPS) is 43.9. The van der Waals surface area contributed by atoms with Gasteiger partial charge in [0.25, 0.3) is 0 Å². The highest BCUT2D eigenvalue weighted by Crippen LogP contribution is 2.67. The van der Waals surface area contributed by atoms with Crippen molar-refractivity contribution in [2.24, 2.45) is 34.0 Å². The third-order valence-corrected chi connectivity index (χ3v) is 10.3. The van der Waals surface area contributed by atoms with Crippen molar-refractivity contribution in [1.82, 2.24) is 10.6 Å². The van der Waals surface area contributed by atoms with Gasteiger partial charge in [-0.25, -0.2) is 14.9 Å². The number of Topliss-reactive ketones (excluding diaryl/α,β-unsaturated/α-hetero) is 1. The summed E-state index contributed by atoms with van der Waals surface area (Å²) in [5, 5.41) is 17.0. The van der Waals surface area contributed by atoms with Gasteiger partial charge < -0.3 is 19.9 Å². The second-order valence-electron chi connectivity index (χ2n) is 12.0. The van der Waals surface area contributed by atoms with Crippen molar-refractivity contribution >= 4 is 18.0 Å². The second kappa shape index (κ2) is 9.51. The number of imide groups is 1. The van der Waals surface area contributed by atoms with E-state index < -0.39 is 35.2 Å². The molecule has 0 aromatic carbocycles. The summed E-state index contributed by atoms with van der Waals surface area (Å²) in [7, 11) is 0. The van der Waals surface area contributed by atoms with Crippen molar-refractivity contribution in [1.29, 1.82) is 0 Å². The fraction of sp³-hybridized carbons (Fsp3) is 0.815. The topological polar surface area (TPSA) is 114 Å². The first-order valence-corrected chi connectivity index (χ1v) is 13.2. The number of amides is 2. The van der Waals surface area contributed by atoms with Crippen molar-refractivity contribution in [3.8, 4) is 0 Å². The van der Waals surface area contributed by atoms with Gasteiger partial charge in [-0.2, -0.15) is 0 Å². The maximum atomic E-state index is 13.4. The van der Waals surface area contributed by atoms with Crippen LogP contribution >= 0.6 is 0 Å². The molecular weight excluding hydrogens is 448 g/mol. The fourth-order valence-corrected chi connectivity index (χ4v) is 7.84. The monoisotopic (exact) mass is 490 g/mol. The van der Waals surface area contributed by atoms with Gasteiger partial charge in [0, 0.05) is 23.2 Å². The molecule has 2 amide bonds. The van der Waals surface area contributed by atoms with Gasteiger partial charge in [0.2, 0.25) is 0 Å². The van der Waals surface area contributed by atoms with Gasteiger partial charge in [-0.3, -0.25) is 4.79 Å². The van der Waals surface area contributed by atoms with Crippen molar-refractivity contribution in [2.45, 2.75) is 91.0 Å². The van der Waals surface area contributed by atoms with Crippen molar-refractivity contribution in [2.75, 3.05) is 13.1 Å². The average molecular weight is 491 g/mol. The Labute approximate surface area is 208 Å². The molecule has 8 nitrogen and oxygen atoms in total. The number of aliphatic hydroxyl groups excluding tert-OH is 1. The van der Waals surface area contributed by atoms with Crippen LogP contribution in [0.3, 0.4) is 0 Å². The van der Waals surface area contributed by atoms with E-state index in [-0.39, 0.29) is 35.1 Å². The molecule has 4 fully saturated rings. The number of rotatable bonds is 3. The van der Waals surface area contributed by atoms with Gasteiger partial charge in [-0.1, -0.05) is 33.8 Å². The van der Waals surface area contributed by atoms with Crippen LogP contribution in [0.1, 0.15) is 72.6 Å². The lowest BCUT2D eigenvalue weighted by Gasteiger charge is -2.61. The summed E-state index contributed by atoms with van der Waals surface area (Å²) in [6, 6.07) is 0. The SMILES string of the molecule is C=C[C@]1(C)C[C@@H](OC(=O)NC(=O)OC2CCNCC2)[C@@]2(C)C(C)CC[C@]3(CCC(=O)[C@H]32)[C@@H](C)[C@@H]1O. The number of ether oxygens (including phenoxy) is 2. The first-order valence-electron chi connectivity index (χ1n) is 13.2. The number of hydrogen-bond donors (Lipinski definition) is 3. The van der Waals surface area contributed by atoms with Gasteiger partial charge in [0.1, 0.15) is 18.0 Å². The summed E-state index contributed by atoms with van der Waals surface area (Å²) in [4.78, 5) is 38.8. The lowest BCUT2D eigenvalue weighted by atomic mass is 9.44. The van der Waals surface area contributed by atoms with E-state index in [0.29, 0.717) is 25.7 Å². The highest BCUT2D eigenvalue weighted by Gasteiger charge is 2.68. The van der Waals surface area contributed by atoms with Crippen molar-refractivity contribution in [3.05, 3.63) is 12.7 Å². The van der Waals surface area contributed by atoms with E-state index in [9.17, 15) is 19.5 Å². The Morgan fingerprint density at radius 1 is 1.11 bits per heavy atom. The third-order valence-electron chi connectivity index (χ3n) is 10.3. The smallest absolute Gasteiger partial charge is 0.416 e. The van der Waals surface area contributed by atoms with Gasteiger partial charge in [-0.15, -0.1) is 6.58 Å². The van der Waals surface area contributed by atoms with Gasteiger partial charge >= 0.3 is 12.2 Å². The highest BCUT2D eigenvalue weighted by molar-refractivity contribution is 5.88. The molecule has 1 aliphatic heterocycles. The Morgan fingerprint density at radius 2 is 1.77 bits per heavy atom. The molecule has 8 atom stereocenters. The quantitative estimate of drug-likeness (QED) is 0.513. The number of alkyl carbamates (subject to hydrolysis) is 2. The molecule has 3 aliphatic carbocycles. The summed E-state index contributed by atoms with van der Waals surface area (Å²) in [6.45, 7) is 13.7. The standard InChI is InChI=1S/C27H42N2O6/c1-6-25(4)15-20(35-24(33)29-23(32)34-18-9-13-28-14-10-18)26(5)16(2)7-11-27(17(3)22(25)31)12-8-19(30)21(26)27/h6,16-18,20-22,28,31H,1,7-15H2,2-5H3,(H,29,32,33)/t16?,17-,20+,21-,22-,25+,26+,27-/m0/s1. The molecule has 2 bridgehead atoms. The van der Waals surface area contributed by atoms with Crippen LogP contribution in [0.2, 0.25) is 0 Å². The second-order valence-corrected chi connectivity index (χ2v) is 12.0. The lowest BCUT2D eigenvalue weighted by molar-refractivity contribution is -0.191. The van der Waals surface area contributed by atoms with E-state index in [2.05, 4.69) is 38.0 Å². The lowest BCUT2D eigenvalue weighted by Crippen LogP contribution is -2.63. The molecule has 3 saturated carbocycles. The Bertz CT molecular complexity index is 872. The number of carbonyl (C=O) groups is 3. The summed E-state index contributed by atoms with van der Waals surface area (Å²) < 4.78 is 11.4. The molecule has 1 heterocycles. The number of piperidine rings is 1. The van der Waals surface area contributed by atoms with E-state index in [1.165, 1.54) is 0 Å². The molecule has 0 radical (unpaired) electrons. The van der Waals surface area contributed by atoms with Gasteiger partial charge in [0.05, 0.1) is 6.10 Å². The number of hydrogen-bond acceptors (Lipinski definition) is 7. The van der Waals surface area contributed by atoms with E-state index in [4.69, 9.17) is 9.47 Å². The predicted octanol–water partition coefficient (Wildman–Crippen LogP) is 3.96. The van der Waals surface area contributed by atoms with Crippen molar-refractivity contribution in [3.63, 3.8) is 0 Å². The summed E-state index contributed by atoms with van der Waals surface area (Å²) in [5.74, 6) is -0.0842. The zero-order valence-corrected chi connectivity index (χ0v) is 21.6. The molecule has 4 aliphatic rings. The van der Waals surface area contributed by atoms with Crippen molar-refractivity contribution < 1.29 is 29.0 Å². The Hall–Kier alpha value is -1.93. The first-order chi connectivity index (χ1) is 16.5. The first kappa shape index (κ1) is 26.1. The minimum atomic E-state index is -0.876. The van der Waals surface area contributed by atoms with Crippen LogP contribution in [0.25, 0.3) is 0 Å². The van der Waals surface area contributed by atoms with Gasteiger partial charge in [0.15, 0.2) is 0 Å². The largest absolute Gasteiger partial charge is 0.446 e. The fourth-order valence-electron chi connectivity index (χ4n) is 7.84. The van der Waals surface area contributed by atoms with Crippen LogP contribution in [0.4, 0.5) is 9.59 Å². The molecular formula is C27H42N2O6. The Kier molecular flexibility index (Phi) is 7.10.